The van der Waals surface area contributed by atoms with Crippen LogP contribution in [0.5, 0.6) is 11.5 Å². The Kier molecular flexibility index (Phi) is 4.63. The number of ether oxygens (including phenoxy) is 2. The number of carbonyl (C=O) groups excluding carboxylic acids is 2. The van der Waals surface area contributed by atoms with Crippen molar-refractivity contribution in [3.8, 4) is 11.5 Å². The molecule has 2 aromatic carbocycles. The monoisotopic (exact) mass is 301 g/mol. The highest BCUT2D eigenvalue weighted by Gasteiger charge is 2.15. The predicted octanol–water partition coefficient (Wildman–Crippen LogP) is 2.02. The van der Waals surface area contributed by atoms with Gasteiger partial charge in [-0.3, -0.25) is 4.79 Å². The number of anilines is 1. The van der Waals surface area contributed by atoms with E-state index >= 15 is 0 Å². The van der Waals surface area contributed by atoms with Crippen LogP contribution in [0.4, 0.5) is 5.69 Å². The number of phenolic OH excluding ortho intramolecular Hbond substituents is 1. The molecule has 0 saturated carbocycles. The minimum atomic E-state index is -0.768. The summed E-state index contributed by atoms with van der Waals surface area (Å²) in [4.78, 5) is 23.8. The lowest BCUT2D eigenvalue weighted by atomic mass is 10.1. The summed E-state index contributed by atoms with van der Waals surface area (Å²) in [5, 5.41) is 9.35. The van der Waals surface area contributed by atoms with Crippen molar-refractivity contribution in [2.45, 2.75) is 0 Å². The van der Waals surface area contributed by atoms with Crippen molar-refractivity contribution in [3.05, 3.63) is 53.6 Å². The number of hydrogen-bond donors (Lipinski definition) is 2. The molecule has 0 amide bonds. The van der Waals surface area contributed by atoms with E-state index in [0.29, 0.717) is 11.3 Å². The lowest BCUT2D eigenvalue weighted by Gasteiger charge is -2.07. The Hall–Kier alpha value is -3.02. The van der Waals surface area contributed by atoms with Crippen molar-refractivity contribution >= 4 is 17.4 Å². The fraction of sp³-hybridized carbons (Fsp3) is 0.125. The van der Waals surface area contributed by atoms with Crippen LogP contribution in [0.3, 0.4) is 0 Å². The maximum atomic E-state index is 11.9. The first kappa shape index (κ1) is 15.4. The van der Waals surface area contributed by atoms with Gasteiger partial charge in [-0.25, -0.2) is 4.79 Å². The Morgan fingerprint density at radius 2 is 1.82 bits per heavy atom. The molecule has 0 aliphatic rings. The third kappa shape index (κ3) is 3.54. The maximum absolute atomic E-state index is 11.9. The number of methoxy groups -OCH3 is 1. The number of benzene rings is 2. The molecule has 0 bridgehead atoms. The molecule has 0 aliphatic heterocycles. The predicted molar refractivity (Wildman–Crippen MR) is 80.1 cm³/mol. The molecule has 0 radical (unpaired) electrons. The summed E-state index contributed by atoms with van der Waals surface area (Å²) < 4.78 is 9.92. The second-order valence-corrected chi connectivity index (χ2v) is 4.50. The van der Waals surface area contributed by atoms with Gasteiger partial charge in [0.05, 0.1) is 12.7 Å². The number of ketones is 1. The first-order valence-electron chi connectivity index (χ1n) is 6.44. The number of Topliss-reactive ketones (excluding diaryl/α,β-unsaturated/α-hetero) is 1. The molecule has 0 spiro atoms. The van der Waals surface area contributed by atoms with Crippen LogP contribution in [-0.2, 0) is 4.74 Å². The number of nitrogens with two attached hydrogens (primary N) is 1. The highest BCUT2D eigenvalue weighted by molar-refractivity contribution is 6.00. The number of aromatic hydroxyl groups is 1. The van der Waals surface area contributed by atoms with Gasteiger partial charge < -0.3 is 20.3 Å². The molecule has 6 nitrogen and oxygen atoms in total. The van der Waals surface area contributed by atoms with Crippen LogP contribution < -0.4 is 10.5 Å². The van der Waals surface area contributed by atoms with E-state index in [-0.39, 0.29) is 22.8 Å². The third-order valence-corrected chi connectivity index (χ3v) is 3.00. The molecule has 6 heteroatoms. The minimum absolute atomic E-state index is 0.0162. The van der Waals surface area contributed by atoms with Crippen molar-refractivity contribution in [3.63, 3.8) is 0 Å². The van der Waals surface area contributed by atoms with Crippen LogP contribution in [0, 0.1) is 0 Å². The SMILES string of the molecule is COc1ccc(C(=O)COC(=O)c2cc(O)ccc2N)cc1. The maximum Gasteiger partial charge on any atom is 0.340 e. The first-order valence-corrected chi connectivity index (χ1v) is 6.44. The van der Waals surface area contributed by atoms with Gasteiger partial charge in [0.25, 0.3) is 0 Å². The topological polar surface area (TPSA) is 98.8 Å². The molecule has 0 fully saturated rings. The molecule has 2 rings (SSSR count). The second-order valence-electron chi connectivity index (χ2n) is 4.50. The van der Waals surface area contributed by atoms with Crippen LogP contribution >= 0.6 is 0 Å². The summed E-state index contributed by atoms with van der Waals surface area (Å²) in [6.07, 6.45) is 0. The number of hydrogen-bond acceptors (Lipinski definition) is 6. The molecule has 22 heavy (non-hydrogen) atoms. The normalized spacial score (nSPS) is 10.0. The fourth-order valence-corrected chi connectivity index (χ4v) is 1.79. The van der Waals surface area contributed by atoms with Crippen LogP contribution in [0.15, 0.2) is 42.5 Å². The minimum Gasteiger partial charge on any atom is -0.508 e. The first-order chi connectivity index (χ1) is 10.5. The Morgan fingerprint density at radius 3 is 2.45 bits per heavy atom. The van der Waals surface area contributed by atoms with Gasteiger partial charge in [-0.05, 0) is 42.5 Å². The zero-order chi connectivity index (χ0) is 16.1. The largest absolute Gasteiger partial charge is 0.508 e. The number of rotatable bonds is 5. The van der Waals surface area contributed by atoms with Crippen molar-refractivity contribution < 1.29 is 24.2 Å². The van der Waals surface area contributed by atoms with Crippen LogP contribution in [0.2, 0.25) is 0 Å². The lowest BCUT2D eigenvalue weighted by molar-refractivity contribution is 0.0475. The highest BCUT2D eigenvalue weighted by atomic mass is 16.5. The van der Waals surface area contributed by atoms with Crippen molar-refractivity contribution in [1.29, 1.82) is 0 Å². The summed E-state index contributed by atoms with van der Waals surface area (Å²) in [7, 11) is 1.53. The molecule has 0 saturated heterocycles. The Balaban J connectivity index is 2.00. The lowest BCUT2D eigenvalue weighted by Crippen LogP contribution is -2.15. The van der Waals surface area contributed by atoms with Crippen LogP contribution in [0.25, 0.3) is 0 Å². The average Bonchev–Trinajstić information content (AvgIpc) is 2.54. The summed E-state index contributed by atoms with van der Waals surface area (Å²) in [5.74, 6) is -0.603. The summed E-state index contributed by atoms with van der Waals surface area (Å²) >= 11 is 0. The zero-order valence-electron chi connectivity index (χ0n) is 11.9. The van der Waals surface area contributed by atoms with E-state index in [1.54, 1.807) is 24.3 Å². The van der Waals surface area contributed by atoms with Crippen molar-refractivity contribution in [2.24, 2.45) is 0 Å². The Morgan fingerprint density at radius 1 is 1.14 bits per heavy atom. The van der Waals surface area contributed by atoms with Gasteiger partial charge in [0.15, 0.2) is 12.4 Å². The smallest absolute Gasteiger partial charge is 0.340 e. The standard InChI is InChI=1S/C16H15NO5/c1-21-12-5-2-10(3-6-12)15(19)9-22-16(20)13-8-11(18)4-7-14(13)17/h2-8,18H,9,17H2,1H3. The van der Waals surface area contributed by atoms with Gasteiger partial charge in [-0.15, -0.1) is 0 Å². The van der Waals surface area contributed by atoms with E-state index in [9.17, 15) is 14.7 Å². The average molecular weight is 301 g/mol. The summed E-state index contributed by atoms with van der Waals surface area (Å²) in [6.45, 7) is -0.416. The van der Waals surface area contributed by atoms with E-state index in [4.69, 9.17) is 15.2 Å². The van der Waals surface area contributed by atoms with Gasteiger partial charge in [0.1, 0.15) is 11.5 Å². The number of esters is 1. The van der Waals surface area contributed by atoms with Gasteiger partial charge in [0, 0.05) is 11.3 Å². The van der Waals surface area contributed by atoms with Crippen molar-refractivity contribution in [2.75, 3.05) is 19.5 Å². The Bertz CT molecular complexity index is 694. The molecule has 2 aromatic rings. The molecule has 0 aromatic heterocycles. The van der Waals surface area contributed by atoms with Gasteiger partial charge in [0.2, 0.25) is 0 Å². The highest BCUT2D eigenvalue weighted by Crippen LogP contribution is 2.19. The molecule has 0 atom stereocenters. The number of carbonyl (C=O) groups is 2. The Labute approximate surface area is 127 Å². The van der Waals surface area contributed by atoms with Crippen LogP contribution in [-0.4, -0.2) is 30.6 Å². The fourth-order valence-electron chi connectivity index (χ4n) is 1.79. The van der Waals surface area contributed by atoms with E-state index in [2.05, 4.69) is 0 Å². The zero-order valence-corrected chi connectivity index (χ0v) is 11.9. The number of phenols is 1. The van der Waals surface area contributed by atoms with Crippen molar-refractivity contribution in [1.82, 2.24) is 0 Å². The van der Waals surface area contributed by atoms with E-state index < -0.39 is 12.6 Å². The van der Waals surface area contributed by atoms with E-state index in [1.165, 1.54) is 25.3 Å². The van der Waals surface area contributed by atoms with Gasteiger partial charge in [-0.1, -0.05) is 0 Å². The quantitative estimate of drug-likeness (QED) is 0.379. The van der Waals surface area contributed by atoms with Crippen LogP contribution in [0.1, 0.15) is 20.7 Å². The summed E-state index contributed by atoms with van der Waals surface area (Å²) in [6, 6.07) is 10.4. The summed E-state index contributed by atoms with van der Waals surface area (Å²) in [5.41, 5.74) is 6.21. The molecule has 3 N–H and O–H groups in total. The molecular weight excluding hydrogens is 286 g/mol. The van der Waals surface area contributed by atoms with E-state index in [1.807, 2.05) is 0 Å². The molecule has 0 heterocycles. The van der Waals surface area contributed by atoms with Gasteiger partial charge >= 0.3 is 5.97 Å². The van der Waals surface area contributed by atoms with Gasteiger partial charge in [-0.2, -0.15) is 0 Å². The number of nitrogen functional groups attached to an aromatic ring is 1. The molecule has 0 unspecified atom stereocenters. The molecule has 114 valence electrons. The third-order valence-electron chi connectivity index (χ3n) is 3.00. The second kappa shape index (κ2) is 6.62. The molecular formula is C16H15NO5. The van der Waals surface area contributed by atoms with E-state index in [0.717, 1.165) is 0 Å². The molecule has 0 aliphatic carbocycles.